The maximum atomic E-state index is 13.5. The zero-order valence-corrected chi connectivity index (χ0v) is 33.8. The van der Waals surface area contributed by atoms with Gasteiger partial charge in [0.25, 0.3) is 11.8 Å². The lowest BCUT2D eigenvalue weighted by Crippen LogP contribution is -2.54. The number of piperidine rings is 4. The number of hydrogen-bond acceptors (Lipinski definition) is 11. The molecule has 14 nitrogen and oxygen atoms in total. The molecule has 6 heterocycles. The SMILES string of the molecule is N#Cc1ccc(N2CCC(C(=O)Nc3ccc(CCC4CCN(CC5CCN(c6ccc7c(c6)C(=O)N(C6CCC(=O)NC6=O)C7=O)CC5)CC4)nn3)CC2)cc1C(F)(F)F. The number of nitriles is 1. The van der Waals surface area contributed by atoms with Gasteiger partial charge >= 0.3 is 6.18 Å². The van der Waals surface area contributed by atoms with E-state index in [1.807, 2.05) is 17.0 Å². The normalized spacial score (nSPS) is 21.1. The van der Waals surface area contributed by atoms with Crippen LogP contribution in [0.1, 0.15) is 95.3 Å². The number of nitrogens with zero attached hydrogens (tertiary/aromatic N) is 7. The molecule has 0 spiro atoms. The van der Waals surface area contributed by atoms with Gasteiger partial charge in [0.05, 0.1) is 34.0 Å². The lowest BCUT2D eigenvalue weighted by molar-refractivity contribution is -0.138. The second-order valence-corrected chi connectivity index (χ2v) is 16.9. The lowest BCUT2D eigenvalue weighted by Gasteiger charge is -2.38. The Morgan fingerprint density at radius 3 is 2.10 bits per heavy atom. The number of fused-ring (bicyclic) bond motifs is 1. The third-order valence-electron chi connectivity index (χ3n) is 13.1. The summed E-state index contributed by atoms with van der Waals surface area (Å²) in [5.41, 5.74) is 1.36. The van der Waals surface area contributed by atoms with Crippen LogP contribution in [0.5, 0.6) is 0 Å². The molecule has 1 unspecified atom stereocenters. The summed E-state index contributed by atoms with van der Waals surface area (Å²) in [6, 6.07) is 13.3. The van der Waals surface area contributed by atoms with E-state index < -0.39 is 47.0 Å². The third-order valence-corrected chi connectivity index (χ3v) is 13.1. The number of imide groups is 2. The fourth-order valence-electron chi connectivity index (χ4n) is 9.45. The van der Waals surface area contributed by atoms with Crippen LogP contribution in [0, 0.1) is 29.1 Å². The highest BCUT2D eigenvalue weighted by molar-refractivity contribution is 6.23. The standard InChI is InChI=1S/C44H48F3N9O5/c45-44(46,47)36-24-33(5-2-30(36)25-48)55-21-15-29(16-22-55)40(58)49-38-9-4-31(51-52-38)3-1-27-11-17-53(18-12-27)26-28-13-19-54(20-14-28)32-6-7-34-35(23-32)43(61)56(42(34)60)37-8-10-39(57)50-41(37)59/h2,4-7,9,23-24,27-29,37H,1,3,8,10-22,26H2,(H,49,52,58)(H,50,57,59). The maximum absolute atomic E-state index is 13.5. The van der Waals surface area contributed by atoms with Crippen LogP contribution in [0.4, 0.5) is 30.4 Å². The number of carbonyl (C=O) groups excluding carboxylic acids is 5. The first-order chi connectivity index (χ1) is 29.3. The van der Waals surface area contributed by atoms with Crippen LogP contribution in [0.25, 0.3) is 0 Å². The van der Waals surface area contributed by atoms with Crippen LogP contribution >= 0.6 is 0 Å². The van der Waals surface area contributed by atoms with Crippen molar-refractivity contribution in [2.75, 3.05) is 60.9 Å². The van der Waals surface area contributed by atoms with Gasteiger partial charge in [-0.15, -0.1) is 5.10 Å². The van der Waals surface area contributed by atoms with Crippen LogP contribution in [0.3, 0.4) is 0 Å². The summed E-state index contributed by atoms with van der Waals surface area (Å²) in [6.07, 6.45) is 2.61. The fraction of sp³-hybridized carbons (Fsp3) is 0.500. The Kier molecular flexibility index (Phi) is 12.1. The molecule has 4 fully saturated rings. The van der Waals surface area contributed by atoms with Gasteiger partial charge in [-0.1, -0.05) is 0 Å². The Bertz CT molecular complexity index is 2220. The van der Waals surface area contributed by atoms with Gasteiger partial charge < -0.3 is 20.0 Å². The zero-order chi connectivity index (χ0) is 42.8. The van der Waals surface area contributed by atoms with E-state index >= 15 is 0 Å². The van der Waals surface area contributed by atoms with Crippen LogP contribution in [0.15, 0.2) is 48.5 Å². The number of nitrogens with one attached hydrogen (secondary N) is 2. The molecular formula is C44H48F3N9O5. The average molecular weight is 840 g/mol. The summed E-state index contributed by atoms with van der Waals surface area (Å²) < 4.78 is 40.4. The zero-order valence-electron chi connectivity index (χ0n) is 33.8. The molecule has 1 aromatic heterocycles. The number of aromatic nitrogens is 2. The number of anilines is 3. The third kappa shape index (κ3) is 9.24. The summed E-state index contributed by atoms with van der Waals surface area (Å²) in [5.74, 6) is -0.967. The van der Waals surface area contributed by atoms with Gasteiger partial charge in [-0.05, 0) is 131 Å². The van der Waals surface area contributed by atoms with E-state index in [9.17, 15) is 37.1 Å². The molecule has 4 saturated heterocycles. The summed E-state index contributed by atoms with van der Waals surface area (Å²) in [7, 11) is 0. The number of likely N-dealkylation sites (tertiary alicyclic amines) is 1. The van der Waals surface area contributed by atoms with Gasteiger partial charge in [0.2, 0.25) is 17.7 Å². The molecule has 320 valence electrons. The molecular weight excluding hydrogens is 792 g/mol. The highest BCUT2D eigenvalue weighted by Crippen LogP contribution is 2.36. The molecule has 8 rings (SSSR count). The molecule has 1 atom stereocenters. The highest BCUT2D eigenvalue weighted by atomic mass is 19.4. The van der Waals surface area contributed by atoms with Gasteiger partial charge in [-0.3, -0.25) is 34.2 Å². The first kappa shape index (κ1) is 41.8. The van der Waals surface area contributed by atoms with Crippen LogP contribution < -0.4 is 20.4 Å². The monoisotopic (exact) mass is 839 g/mol. The molecule has 0 saturated carbocycles. The topological polar surface area (TPSA) is 172 Å². The second kappa shape index (κ2) is 17.6. The summed E-state index contributed by atoms with van der Waals surface area (Å²) in [6.45, 7) is 5.67. The van der Waals surface area contributed by atoms with Gasteiger partial charge in [0.1, 0.15) is 6.04 Å². The Hall–Kier alpha value is -5.89. The number of amides is 5. The number of carbonyl (C=O) groups is 5. The predicted molar refractivity (Wildman–Crippen MR) is 217 cm³/mol. The number of aryl methyl sites for hydroxylation is 1. The molecule has 61 heavy (non-hydrogen) atoms. The number of rotatable bonds is 10. The summed E-state index contributed by atoms with van der Waals surface area (Å²) in [4.78, 5) is 71.1. The van der Waals surface area contributed by atoms with E-state index in [0.717, 1.165) is 93.6 Å². The summed E-state index contributed by atoms with van der Waals surface area (Å²) in [5, 5.41) is 22.8. The minimum Gasteiger partial charge on any atom is -0.371 e. The lowest BCUT2D eigenvalue weighted by atomic mass is 9.89. The molecule has 5 amide bonds. The van der Waals surface area contributed by atoms with Gasteiger partial charge in [0.15, 0.2) is 5.82 Å². The number of benzene rings is 2. The van der Waals surface area contributed by atoms with Crippen molar-refractivity contribution in [3.63, 3.8) is 0 Å². The highest BCUT2D eigenvalue weighted by Gasteiger charge is 2.45. The Morgan fingerprint density at radius 2 is 1.44 bits per heavy atom. The quantitative estimate of drug-likeness (QED) is 0.258. The molecule has 5 aliphatic rings. The van der Waals surface area contributed by atoms with Crippen molar-refractivity contribution in [2.24, 2.45) is 17.8 Å². The largest absolute Gasteiger partial charge is 0.417 e. The van der Waals surface area contributed by atoms with E-state index in [4.69, 9.17) is 5.26 Å². The number of alkyl halides is 3. The van der Waals surface area contributed by atoms with Crippen LogP contribution in [-0.2, 0) is 27.0 Å². The Balaban J connectivity index is 0.728. The first-order valence-electron chi connectivity index (χ1n) is 21.2. The Labute approximate surface area is 351 Å². The van der Waals surface area contributed by atoms with E-state index in [2.05, 4.69) is 30.6 Å². The van der Waals surface area contributed by atoms with Crippen molar-refractivity contribution >= 4 is 46.7 Å². The molecule has 17 heteroatoms. The molecule has 0 bridgehead atoms. The minimum absolute atomic E-state index is 0.0839. The summed E-state index contributed by atoms with van der Waals surface area (Å²) >= 11 is 0. The minimum atomic E-state index is -4.63. The molecule has 2 aromatic carbocycles. The second-order valence-electron chi connectivity index (χ2n) is 16.9. The van der Waals surface area contributed by atoms with Crippen molar-refractivity contribution < 1.29 is 37.1 Å². The fourth-order valence-corrected chi connectivity index (χ4v) is 9.45. The smallest absolute Gasteiger partial charge is 0.371 e. The maximum Gasteiger partial charge on any atom is 0.417 e. The van der Waals surface area contributed by atoms with Crippen molar-refractivity contribution in [3.05, 3.63) is 76.5 Å². The number of hydrogen-bond donors (Lipinski definition) is 2. The average Bonchev–Trinajstić information content (AvgIpc) is 3.51. The molecule has 3 aromatic rings. The van der Waals surface area contributed by atoms with Crippen LogP contribution in [0.2, 0.25) is 0 Å². The van der Waals surface area contributed by atoms with Crippen LogP contribution in [-0.4, -0.2) is 101 Å². The van der Waals surface area contributed by atoms with Crippen molar-refractivity contribution in [1.29, 1.82) is 5.26 Å². The van der Waals surface area contributed by atoms with E-state index in [1.54, 1.807) is 24.3 Å². The molecule has 2 N–H and O–H groups in total. The van der Waals surface area contributed by atoms with E-state index in [0.29, 0.717) is 54.8 Å². The van der Waals surface area contributed by atoms with Gasteiger partial charge in [0, 0.05) is 56.4 Å². The van der Waals surface area contributed by atoms with E-state index in [1.165, 1.54) is 12.1 Å². The van der Waals surface area contributed by atoms with Crippen molar-refractivity contribution in [2.45, 2.75) is 76.4 Å². The van der Waals surface area contributed by atoms with E-state index in [-0.39, 0.29) is 30.2 Å². The molecule has 0 aliphatic carbocycles. The molecule has 0 radical (unpaired) electrons. The van der Waals surface area contributed by atoms with Gasteiger partial charge in [-0.25, -0.2) is 0 Å². The number of halogens is 3. The molecule has 5 aliphatic heterocycles. The van der Waals surface area contributed by atoms with Crippen molar-refractivity contribution in [1.82, 2.24) is 25.3 Å². The Morgan fingerprint density at radius 1 is 0.787 bits per heavy atom. The van der Waals surface area contributed by atoms with Crippen molar-refractivity contribution in [3.8, 4) is 6.07 Å². The van der Waals surface area contributed by atoms with Gasteiger partial charge in [-0.2, -0.15) is 23.5 Å². The first-order valence-corrected chi connectivity index (χ1v) is 21.2. The predicted octanol–water partition coefficient (Wildman–Crippen LogP) is 5.18.